The highest BCUT2D eigenvalue weighted by Crippen LogP contribution is 2.64. The van der Waals surface area contributed by atoms with Gasteiger partial charge in [0.1, 0.15) is 34.1 Å². The van der Waals surface area contributed by atoms with Gasteiger partial charge in [-0.15, -0.1) is 0 Å². The summed E-state index contributed by atoms with van der Waals surface area (Å²) in [6.45, 7) is 19.4. The topological polar surface area (TPSA) is 90.9 Å². The zero-order valence-electron chi connectivity index (χ0n) is 31.0. The van der Waals surface area contributed by atoms with Crippen LogP contribution in [-0.4, -0.2) is 64.7 Å². The molecular weight excluding hydrogens is 612 g/mol. The van der Waals surface area contributed by atoms with E-state index in [0.29, 0.717) is 36.0 Å². The first-order valence-electron chi connectivity index (χ1n) is 19.5. The second kappa shape index (κ2) is 11.5. The molecule has 2 spiro atoms. The molecule has 272 valence electrons. The quantitative estimate of drug-likeness (QED) is 0.217. The number of carbonyl (C=O) groups excluding carboxylic acids is 1. The predicted octanol–water partition coefficient (Wildman–Crippen LogP) is 8.11. The monoisotopic (exact) mass is 674 g/mol. The fraction of sp³-hybridized carbons (Fsp3) is 0.974. The third-order valence-electron chi connectivity index (χ3n) is 15.0. The van der Waals surface area contributed by atoms with Crippen LogP contribution in [0.15, 0.2) is 0 Å². The molecule has 6 heterocycles. The summed E-state index contributed by atoms with van der Waals surface area (Å²) in [7, 11) is 0. The molecule has 48 heavy (non-hydrogen) atoms. The molecule has 0 aromatic heterocycles. The Labute approximate surface area is 287 Å². The van der Waals surface area contributed by atoms with Crippen LogP contribution < -0.4 is 0 Å². The first-order valence-corrected chi connectivity index (χ1v) is 19.5. The van der Waals surface area contributed by atoms with Crippen LogP contribution in [0.2, 0.25) is 0 Å². The zero-order chi connectivity index (χ0) is 34.0. The van der Waals surface area contributed by atoms with Crippen molar-refractivity contribution in [2.75, 3.05) is 0 Å². The Kier molecular flexibility index (Phi) is 8.19. The van der Waals surface area contributed by atoms with Gasteiger partial charge >= 0.3 is 6.16 Å². The second-order valence-corrected chi connectivity index (χ2v) is 19.3. The summed E-state index contributed by atoms with van der Waals surface area (Å²) in [6, 6.07) is 0. The average molecular weight is 675 g/mol. The van der Waals surface area contributed by atoms with Crippen LogP contribution in [0.3, 0.4) is 0 Å². The fourth-order valence-corrected chi connectivity index (χ4v) is 12.6. The van der Waals surface area contributed by atoms with Gasteiger partial charge in [-0.1, -0.05) is 27.7 Å². The third kappa shape index (κ3) is 5.16. The van der Waals surface area contributed by atoms with Crippen LogP contribution in [0, 0.1) is 47.3 Å². The number of hydrogen-bond donors (Lipinski definition) is 0. The molecule has 4 saturated carbocycles. The van der Waals surface area contributed by atoms with Crippen molar-refractivity contribution >= 4 is 6.16 Å². The maximum absolute atomic E-state index is 13.5. The van der Waals surface area contributed by atoms with Crippen molar-refractivity contribution in [2.24, 2.45) is 47.3 Å². The van der Waals surface area contributed by atoms with Gasteiger partial charge in [-0.25, -0.2) is 24.3 Å². The lowest BCUT2D eigenvalue weighted by atomic mass is 9.55. The zero-order valence-corrected chi connectivity index (χ0v) is 31.0. The molecule has 6 aliphatic heterocycles. The molecule has 0 aromatic rings. The van der Waals surface area contributed by atoms with E-state index in [2.05, 4.69) is 41.5 Å². The van der Waals surface area contributed by atoms with Gasteiger partial charge in [-0.3, -0.25) is 0 Å². The van der Waals surface area contributed by atoms with Crippen molar-refractivity contribution in [1.29, 1.82) is 0 Å². The molecule has 0 N–H and O–H groups in total. The summed E-state index contributed by atoms with van der Waals surface area (Å²) in [5.41, 5.74) is -2.30. The smallest absolute Gasteiger partial charge is 0.429 e. The minimum Gasteiger partial charge on any atom is -0.429 e. The molecule has 0 amide bonds. The molecule has 9 nitrogen and oxygen atoms in total. The van der Waals surface area contributed by atoms with Crippen LogP contribution in [0.5, 0.6) is 0 Å². The molecule has 4 aliphatic carbocycles. The van der Waals surface area contributed by atoms with E-state index in [1.54, 1.807) is 0 Å². The Morgan fingerprint density at radius 1 is 0.708 bits per heavy atom. The van der Waals surface area contributed by atoms with E-state index >= 15 is 0 Å². The maximum atomic E-state index is 13.5. The standard InChI is InChI=1S/C39H62O9/c1-21-10-12-27-23(3)29(41-31-19-36(8)16-14-25(21)38(27,31)47-45-36)18-30(42-34(40)44-35(5,6)7)33-24(4)28-13-11-22(2)26-15-17-37(9)20-32(43-33)39(26,28)48-46-37/h21-33H,10-20H2,1-9H3/t21-,22-,23-,24-,25+,26+,27+,28+,29-,30+,31-,32-,33?,36-,37-,38-,39-/m1/s1. The summed E-state index contributed by atoms with van der Waals surface area (Å²) in [4.78, 5) is 39.2. The van der Waals surface area contributed by atoms with E-state index in [0.717, 1.165) is 57.8 Å². The Bertz CT molecular complexity index is 1250. The Morgan fingerprint density at radius 2 is 1.23 bits per heavy atom. The molecule has 10 rings (SSSR count). The Morgan fingerprint density at radius 3 is 1.77 bits per heavy atom. The van der Waals surface area contributed by atoms with Crippen molar-refractivity contribution in [1.82, 2.24) is 0 Å². The average Bonchev–Trinajstić information content (AvgIpc) is 3.38. The Balaban J connectivity index is 1.12. The molecule has 9 heteroatoms. The highest BCUT2D eigenvalue weighted by atomic mass is 17.2. The van der Waals surface area contributed by atoms with Gasteiger partial charge in [0.2, 0.25) is 0 Å². The summed E-state index contributed by atoms with van der Waals surface area (Å²) < 4.78 is 26.7. The van der Waals surface area contributed by atoms with Crippen molar-refractivity contribution < 1.29 is 43.3 Å². The molecule has 1 unspecified atom stereocenters. The van der Waals surface area contributed by atoms with Crippen LogP contribution in [0.25, 0.3) is 0 Å². The van der Waals surface area contributed by atoms with Gasteiger partial charge in [-0.05, 0) is 133 Å². The molecule has 6 saturated heterocycles. The number of carbonyl (C=O) groups is 1. The summed E-state index contributed by atoms with van der Waals surface area (Å²) in [5.74, 6) is 2.74. The van der Waals surface area contributed by atoms with Gasteiger partial charge in [0.25, 0.3) is 0 Å². The Hall–Kier alpha value is -0.970. The van der Waals surface area contributed by atoms with Crippen molar-refractivity contribution in [3.8, 4) is 0 Å². The van der Waals surface area contributed by atoms with Crippen molar-refractivity contribution in [3.05, 3.63) is 0 Å². The van der Waals surface area contributed by atoms with Crippen LogP contribution in [0.1, 0.15) is 133 Å². The summed E-state index contributed by atoms with van der Waals surface area (Å²) >= 11 is 0. The number of hydrogen-bond acceptors (Lipinski definition) is 9. The normalized spacial score (nSPS) is 54.7. The first-order chi connectivity index (χ1) is 22.6. The number of ether oxygens (including phenoxy) is 4. The van der Waals surface area contributed by atoms with Crippen molar-refractivity contribution in [3.63, 3.8) is 0 Å². The lowest BCUT2D eigenvalue weighted by Crippen LogP contribution is -2.71. The van der Waals surface area contributed by atoms with Gasteiger partial charge in [-0.2, -0.15) is 0 Å². The third-order valence-corrected chi connectivity index (χ3v) is 15.0. The minimum absolute atomic E-state index is 0.0588. The lowest BCUT2D eigenvalue weighted by molar-refractivity contribution is -0.491. The minimum atomic E-state index is -0.668. The SMILES string of the molecule is C[C@H]1[C@@H](C[C@H](OC(=O)OC(C)(C)C)C2O[C@@H]3C[C@@]4(C)CC[C@H]5[C@H](C)CC[C@@H]([C@H]2C)[C@@]35OO4)O[C@@H]2C[C@@]3(C)CC[C@H]4[C@H](C)CC[C@@H]1[C@@]24OO3. The van der Waals surface area contributed by atoms with E-state index in [4.69, 9.17) is 38.5 Å². The molecule has 0 radical (unpaired) electrons. The first kappa shape index (κ1) is 34.1. The number of fused-ring (bicyclic) bond motifs is 4. The predicted molar refractivity (Wildman–Crippen MR) is 176 cm³/mol. The largest absolute Gasteiger partial charge is 0.509 e. The van der Waals surface area contributed by atoms with E-state index in [1.165, 1.54) is 6.42 Å². The van der Waals surface area contributed by atoms with Gasteiger partial charge in [0.05, 0.1) is 24.4 Å². The van der Waals surface area contributed by atoms with Gasteiger partial charge in [0, 0.05) is 19.3 Å². The molecule has 10 aliphatic rings. The highest BCUT2D eigenvalue weighted by Gasteiger charge is 2.70. The van der Waals surface area contributed by atoms with Crippen LogP contribution >= 0.6 is 0 Å². The summed E-state index contributed by atoms with van der Waals surface area (Å²) in [5, 5.41) is 0. The van der Waals surface area contributed by atoms with E-state index in [9.17, 15) is 4.79 Å². The van der Waals surface area contributed by atoms with E-state index in [1.807, 2.05) is 20.8 Å². The van der Waals surface area contributed by atoms with Gasteiger partial charge in [0.15, 0.2) is 0 Å². The van der Waals surface area contributed by atoms with E-state index < -0.39 is 29.1 Å². The van der Waals surface area contributed by atoms with Crippen LogP contribution in [0.4, 0.5) is 4.79 Å². The molecule has 10 fully saturated rings. The molecule has 17 atom stereocenters. The van der Waals surface area contributed by atoms with E-state index in [-0.39, 0.29) is 53.4 Å². The highest BCUT2D eigenvalue weighted by molar-refractivity contribution is 5.60. The molecule has 0 aromatic carbocycles. The molecule has 4 bridgehead atoms. The van der Waals surface area contributed by atoms with Crippen LogP contribution in [-0.2, 0) is 38.5 Å². The molecular formula is C39H62O9. The second-order valence-electron chi connectivity index (χ2n) is 19.3. The fourth-order valence-electron chi connectivity index (χ4n) is 12.6. The van der Waals surface area contributed by atoms with Crippen molar-refractivity contribution in [2.45, 2.75) is 191 Å². The van der Waals surface area contributed by atoms with Gasteiger partial charge < -0.3 is 18.9 Å². The summed E-state index contributed by atoms with van der Waals surface area (Å²) in [6.07, 6.45) is 9.01. The number of rotatable bonds is 4. The maximum Gasteiger partial charge on any atom is 0.509 e. The lowest BCUT2D eigenvalue weighted by Gasteiger charge is -2.62.